The van der Waals surface area contributed by atoms with Crippen LogP contribution in [0.4, 0.5) is 5.69 Å². The Labute approximate surface area is 179 Å². The van der Waals surface area contributed by atoms with Gasteiger partial charge in [0, 0.05) is 25.3 Å². The normalized spacial score (nSPS) is 15.3. The maximum atomic E-state index is 12.9. The Bertz CT molecular complexity index is 999. The summed E-state index contributed by atoms with van der Waals surface area (Å²) < 4.78 is 27.3. The van der Waals surface area contributed by atoms with E-state index in [9.17, 15) is 13.2 Å². The molecule has 1 saturated heterocycles. The number of piperidine rings is 1. The maximum absolute atomic E-state index is 12.9. The zero-order valence-corrected chi connectivity index (χ0v) is 18.8. The number of rotatable bonds is 7. The molecule has 3 rings (SSSR count). The van der Waals surface area contributed by atoms with Crippen molar-refractivity contribution in [2.24, 2.45) is 0 Å². The van der Waals surface area contributed by atoms with Gasteiger partial charge < -0.3 is 5.32 Å². The Hall–Kier alpha value is -2.22. The fraction of sp³-hybridized carbons (Fsp3) is 0.435. The van der Waals surface area contributed by atoms with E-state index in [0.717, 1.165) is 19.3 Å². The molecule has 0 aromatic heterocycles. The summed E-state index contributed by atoms with van der Waals surface area (Å²) in [4.78, 5) is 14.7. The quantitative estimate of drug-likeness (QED) is 0.731. The van der Waals surface area contributed by atoms with Crippen molar-refractivity contribution in [2.75, 3.05) is 32.0 Å². The highest BCUT2D eigenvalue weighted by atomic mass is 32.2. The molecule has 0 bridgehead atoms. The van der Waals surface area contributed by atoms with Crippen molar-refractivity contribution < 1.29 is 13.2 Å². The van der Waals surface area contributed by atoms with Gasteiger partial charge in [-0.2, -0.15) is 4.31 Å². The number of hydrogen-bond donors (Lipinski definition) is 1. The number of carbonyl (C=O) groups excluding carboxylic acids is 1. The summed E-state index contributed by atoms with van der Waals surface area (Å²) in [6, 6.07) is 12.8. The minimum Gasteiger partial charge on any atom is -0.325 e. The van der Waals surface area contributed by atoms with Gasteiger partial charge in [-0.1, -0.05) is 36.2 Å². The van der Waals surface area contributed by atoms with Crippen LogP contribution in [0.15, 0.2) is 47.4 Å². The predicted octanol–water partition coefficient (Wildman–Crippen LogP) is 3.55. The smallest absolute Gasteiger partial charge is 0.243 e. The van der Waals surface area contributed by atoms with Crippen LogP contribution in [0, 0.1) is 13.8 Å². The average molecular weight is 430 g/mol. The van der Waals surface area contributed by atoms with E-state index in [1.807, 2.05) is 11.9 Å². The lowest BCUT2D eigenvalue weighted by atomic mass is 10.1. The highest BCUT2D eigenvalue weighted by molar-refractivity contribution is 7.89. The second kappa shape index (κ2) is 9.73. The van der Waals surface area contributed by atoms with Gasteiger partial charge in [-0.15, -0.1) is 0 Å². The third-order valence-electron chi connectivity index (χ3n) is 5.42. The predicted molar refractivity (Wildman–Crippen MR) is 120 cm³/mol. The molecule has 162 valence electrons. The molecule has 1 fully saturated rings. The lowest BCUT2D eigenvalue weighted by molar-refractivity contribution is -0.117. The summed E-state index contributed by atoms with van der Waals surface area (Å²) in [6.45, 7) is 6.14. The third kappa shape index (κ3) is 5.68. The first-order valence-corrected chi connectivity index (χ1v) is 11.8. The Morgan fingerprint density at radius 1 is 1.07 bits per heavy atom. The van der Waals surface area contributed by atoms with Crippen molar-refractivity contribution in [3.05, 3.63) is 59.2 Å². The minimum absolute atomic E-state index is 0.171. The fourth-order valence-electron chi connectivity index (χ4n) is 3.80. The molecule has 0 unspecified atom stereocenters. The van der Waals surface area contributed by atoms with E-state index in [-0.39, 0.29) is 17.3 Å². The number of likely N-dealkylation sites (N-methyl/N-ethyl adjacent to an activating group) is 1. The molecule has 6 nitrogen and oxygen atoms in total. The standard InChI is InChI=1S/C23H31N3O3S/c1-18-10-11-20(19(2)14-18)16-25(3)17-23(27)24-21-8-7-9-22(15-21)30(28,29)26-12-5-4-6-13-26/h7-11,14-15H,4-6,12-13,16-17H2,1-3H3,(H,24,27). The molecule has 30 heavy (non-hydrogen) atoms. The second-order valence-corrected chi connectivity index (χ2v) is 10.1. The maximum Gasteiger partial charge on any atom is 0.243 e. The molecule has 0 radical (unpaired) electrons. The SMILES string of the molecule is Cc1ccc(CN(C)CC(=O)Nc2cccc(S(=O)(=O)N3CCCCC3)c2)c(C)c1. The van der Waals surface area contributed by atoms with E-state index in [2.05, 4.69) is 37.4 Å². The number of anilines is 1. The van der Waals surface area contributed by atoms with E-state index >= 15 is 0 Å². The average Bonchev–Trinajstić information content (AvgIpc) is 2.71. The molecular formula is C23H31N3O3S. The second-order valence-electron chi connectivity index (χ2n) is 8.14. The number of benzene rings is 2. The highest BCUT2D eigenvalue weighted by Crippen LogP contribution is 2.23. The van der Waals surface area contributed by atoms with Crippen molar-refractivity contribution in [3.8, 4) is 0 Å². The van der Waals surface area contributed by atoms with Gasteiger partial charge in [-0.25, -0.2) is 8.42 Å². The van der Waals surface area contributed by atoms with Gasteiger partial charge in [0.15, 0.2) is 0 Å². The molecule has 0 saturated carbocycles. The summed E-state index contributed by atoms with van der Waals surface area (Å²) >= 11 is 0. The first kappa shape index (κ1) is 22.5. The number of nitrogens with zero attached hydrogens (tertiary/aromatic N) is 2. The Morgan fingerprint density at radius 2 is 1.80 bits per heavy atom. The third-order valence-corrected chi connectivity index (χ3v) is 7.32. The Morgan fingerprint density at radius 3 is 2.50 bits per heavy atom. The minimum atomic E-state index is -3.52. The number of aryl methyl sites for hydroxylation is 2. The van der Waals surface area contributed by atoms with Gasteiger partial charge in [0.05, 0.1) is 11.4 Å². The van der Waals surface area contributed by atoms with Gasteiger partial charge in [0.1, 0.15) is 0 Å². The van der Waals surface area contributed by atoms with Crippen LogP contribution in [0.25, 0.3) is 0 Å². The lowest BCUT2D eigenvalue weighted by Crippen LogP contribution is -2.35. The number of nitrogens with one attached hydrogen (secondary N) is 1. The summed E-state index contributed by atoms with van der Waals surface area (Å²) in [5.41, 5.74) is 4.11. The number of amides is 1. The topological polar surface area (TPSA) is 69.7 Å². The van der Waals surface area contributed by atoms with Crippen LogP contribution in [0.2, 0.25) is 0 Å². The molecule has 2 aromatic rings. The van der Waals surface area contributed by atoms with Gasteiger partial charge in [-0.05, 0) is 63.1 Å². The van der Waals surface area contributed by atoms with Crippen molar-refractivity contribution in [1.29, 1.82) is 0 Å². The summed E-state index contributed by atoms with van der Waals surface area (Å²) in [7, 11) is -1.62. The number of carbonyl (C=O) groups is 1. The van der Waals surface area contributed by atoms with Crippen molar-refractivity contribution in [3.63, 3.8) is 0 Å². The van der Waals surface area contributed by atoms with Crippen molar-refractivity contribution in [1.82, 2.24) is 9.21 Å². The van der Waals surface area contributed by atoms with Crippen molar-refractivity contribution >= 4 is 21.6 Å². The van der Waals surface area contributed by atoms with Crippen LogP contribution >= 0.6 is 0 Å². The van der Waals surface area contributed by atoms with Crippen LogP contribution in [0.3, 0.4) is 0 Å². The molecule has 1 N–H and O–H groups in total. The molecular weight excluding hydrogens is 398 g/mol. The van der Waals surface area contributed by atoms with Crippen LogP contribution in [-0.4, -0.2) is 50.2 Å². The zero-order valence-electron chi connectivity index (χ0n) is 18.0. The van der Waals surface area contributed by atoms with Gasteiger partial charge in [0.2, 0.25) is 15.9 Å². The van der Waals surface area contributed by atoms with E-state index in [0.29, 0.717) is 25.3 Å². The number of sulfonamides is 1. The number of hydrogen-bond acceptors (Lipinski definition) is 4. The largest absolute Gasteiger partial charge is 0.325 e. The molecule has 1 aliphatic rings. The van der Waals surface area contributed by atoms with E-state index < -0.39 is 10.0 Å². The van der Waals surface area contributed by atoms with Crippen LogP contribution < -0.4 is 5.32 Å². The Kier molecular flexibility index (Phi) is 7.28. The summed E-state index contributed by atoms with van der Waals surface area (Å²) in [5.74, 6) is -0.171. The van der Waals surface area contributed by atoms with Gasteiger partial charge >= 0.3 is 0 Å². The van der Waals surface area contributed by atoms with Crippen LogP contribution in [0.5, 0.6) is 0 Å². The highest BCUT2D eigenvalue weighted by Gasteiger charge is 2.26. The van der Waals surface area contributed by atoms with E-state index in [1.165, 1.54) is 21.0 Å². The molecule has 2 aromatic carbocycles. The van der Waals surface area contributed by atoms with Crippen LogP contribution in [0.1, 0.15) is 36.0 Å². The fourth-order valence-corrected chi connectivity index (χ4v) is 5.37. The first-order valence-electron chi connectivity index (χ1n) is 10.4. The molecule has 1 amide bonds. The van der Waals surface area contributed by atoms with Crippen LogP contribution in [-0.2, 0) is 21.4 Å². The molecule has 1 aliphatic heterocycles. The van der Waals surface area contributed by atoms with Gasteiger partial charge in [-0.3, -0.25) is 9.69 Å². The van der Waals surface area contributed by atoms with Crippen molar-refractivity contribution in [2.45, 2.75) is 44.6 Å². The molecule has 0 aliphatic carbocycles. The summed E-state index contributed by atoms with van der Waals surface area (Å²) in [5, 5.41) is 2.83. The zero-order chi connectivity index (χ0) is 21.7. The first-order chi connectivity index (χ1) is 14.3. The molecule has 1 heterocycles. The Balaban J connectivity index is 1.62. The van der Waals surface area contributed by atoms with Gasteiger partial charge in [0.25, 0.3) is 0 Å². The molecule has 0 spiro atoms. The lowest BCUT2D eigenvalue weighted by Gasteiger charge is -2.26. The molecule has 7 heteroatoms. The monoisotopic (exact) mass is 429 g/mol. The molecule has 0 atom stereocenters. The van der Waals surface area contributed by atoms with E-state index in [4.69, 9.17) is 0 Å². The summed E-state index contributed by atoms with van der Waals surface area (Å²) in [6.07, 6.45) is 2.85. The van der Waals surface area contributed by atoms with E-state index in [1.54, 1.807) is 24.3 Å².